The predicted octanol–water partition coefficient (Wildman–Crippen LogP) is 6.22. The molecule has 1 heterocycles. The van der Waals surface area contributed by atoms with Crippen molar-refractivity contribution in [3.05, 3.63) is 108 Å². The van der Waals surface area contributed by atoms with Crippen molar-refractivity contribution in [1.29, 1.82) is 0 Å². The van der Waals surface area contributed by atoms with E-state index in [1.807, 2.05) is 118 Å². The van der Waals surface area contributed by atoms with Crippen LogP contribution in [0.3, 0.4) is 0 Å². The molecule has 2 unspecified atom stereocenters. The number of aliphatic hydroxyl groups is 1. The quantitative estimate of drug-likeness (QED) is 0.454. The van der Waals surface area contributed by atoms with E-state index in [1.165, 1.54) is 0 Å². The van der Waals surface area contributed by atoms with Gasteiger partial charge in [-0.25, -0.2) is 4.79 Å². The van der Waals surface area contributed by atoms with Gasteiger partial charge in [0.05, 0.1) is 6.04 Å². The van der Waals surface area contributed by atoms with Gasteiger partial charge in [-0.3, -0.25) is 4.90 Å². The molecule has 5 heteroatoms. The molecule has 4 nitrogen and oxygen atoms in total. The highest BCUT2D eigenvalue weighted by atomic mass is 32.2. The number of amides is 1. The number of nitrogens with zero attached hydrogens (tertiary/aromatic N) is 1. The Balaban J connectivity index is 1.91. The van der Waals surface area contributed by atoms with Gasteiger partial charge in [0.15, 0.2) is 6.10 Å². The van der Waals surface area contributed by atoms with Gasteiger partial charge >= 0.3 is 6.09 Å². The van der Waals surface area contributed by atoms with Crippen molar-refractivity contribution < 1.29 is 14.6 Å². The minimum atomic E-state index is -1.43. The van der Waals surface area contributed by atoms with Crippen molar-refractivity contribution in [3.8, 4) is 0 Å². The van der Waals surface area contributed by atoms with E-state index in [4.69, 9.17) is 4.74 Å². The van der Waals surface area contributed by atoms with E-state index >= 15 is 0 Å². The van der Waals surface area contributed by atoms with Crippen LogP contribution in [-0.2, 0) is 10.3 Å². The summed E-state index contributed by atoms with van der Waals surface area (Å²) >= 11 is 1.57. The van der Waals surface area contributed by atoms with Crippen LogP contribution in [-0.4, -0.2) is 33.3 Å². The lowest BCUT2D eigenvalue weighted by molar-refractivity contribution is -0.0360. The number of ether oxygens (including phenoxy) is 1. The molecule has 1 fully saturated rings. The van der Waals surface area contributed by atoms with Gasteiger partial charge in [0.25, 0.3) is 0 Å². The summed E-state index contributed by atoms with van der Waals surface area (Å²) in [4.78, 5) is 14.6. The fraction of sp³-hybridized carbons (Fsp3) is 0.321. The topological polar surface area (TPSA) is 49.8 Å². The summed E-state index contributed by atoms with van der Waals surface area (Å²) in [6.45, 7) is 6.13. The van der Waals surface area contributed by atoms with E-state index in [9.17, 15) is 9.90 Å². The molecule has 4 rings (SSSR count). The van der Waals surface area contributed by atoms with Gasteiger partial charge in [-0.2, -0.15) is 0 Å². The van der Waals surface area contributed by atoms with Crippen molar-refractivity contribution >= 4 is 17.9 Å². The molecule has 172 valence electrons. The lowest BCUT2D eigenvalue weighted by atomic mass is 9.74. The molecule has 1 saturated heterocycles. The Labute approximate surface area is 200 Å². The van der Waals surface area contributed by atoms with Crippen LogP contribution in [0.5, 0.6) is 0 Å². The highest BCUT2D eigenvalue weighted by Crippen LogP contribution is 2.52. The Hall–Kier alpha value is -2.76. The summed E-state index contributed by atoms with van der Waals surface area (Å²) < 4.78 is 6.02. The second-order valence-corrected chi connectivity index (χ2v) is 10.2. The van der Waals surface area contributed by atoms with Gasteiger partial charge < -0.3 is 9.84 Å². The minimum absolute atomic E-state index is 0.0658. The van der Waals surface area contributed by atoms with Gasteiger partial charge in [0, 0.05) is 0 Å². The molecule has 1 N–H and O–H groups in total. The Morgan fingerprint density at radius 2 is 1.36 bits per heavy atom. The van der Waals surface area contributed by atoms with E-state index in [0.717, 1.165) is 16.7 Å². The summed E-state index contributed by atoms with van der Waals surface area (Å²) in [5.41, 5.74) is 0.998. The molecule has 0 bridgehead atoms. The molecule has 0 aliphatic carbocycles. The van der Waals surface area contributed by atoms with Gasteiger partial charge in [0.2, 0.25) is 0 Å². The van der Waals surface area contributed by atoms with Gasteiger partial charge in [-0.05, 0) is 35.8 Å². The fourth-order valence-corrected chi connectivity index (χ4v) is 5.82. The second kappa shape index (κ2) is 9.24. The average Bonchev–Trinajstić information content (AvgIpc) is 3.11. The number of benzene rings is 3. The standard InChI is InChI=1S/C28H31NO3S/c1-20(2)24(28(31,22-16-10-6-11-17-22)23-18-12-7-13-19-23)29-26(30)32-25(27(29,3)33-4)21-14-8-5-9-15-21/h5-20,24-25,31H,1-4H3/t24-,25?,27?/m0/s1. The summed E-state index contributed by atoms with van der Waals surface area (Å²) in [5.74, 6) is -0.0658. The van der Waals surface area contributed by atoms with Crippen molar-refractivity contribution in [1.82, 2.24) is 4.90 Å². The first-order chi connectivity index (χ1) is 15.8. The zero-order chi connectivity index (χ0) is 23.6. The molecule has 0 radical (unpaired) electrons. The molecule has 33 heavy (non-hydrogen) atoms. The molecule has 0 spiro atoms. The largest absolute Gasteiger partial charge is 0.438 e. The van der Waals surface area contributed by atoms with E-state index in [-0.39, 0.29) is 5.92 Å². The van der Waals surface area contributed by atoms with E-state index in [0.29, 0.717) is 0 Å². The van der Waals surface area contributed by atoms with Crippen molar-refractivity contribution in [2.45, 2.75) is 43.4 Å². The third-order valence-electron chi connectivity index (χ3n) is 6.66. The smallest absolute Gasteiger partial charge is 0.412 e. The van der Waals surface area contributed by atoms with Crippen LogP contribution in [0.2, 0.25) is 0 Å². The summed E-state index contributed by atoms with van der Waals surface area (Å²) in [6, 6.07) is 28.5. The number of hydrogen-bond donors (Lipinski definition) is 1. The van der Waals surface area contributed by atoms with E-state index < -0.39 is 28.7 Å². The molecule has 3 aromatic rings. The zero-order valence-corrected chi connectivity index (χ0v) is 20.3. The molecule has 1 aliphatic heterocycles. The molecule has 1 aliphatic rings. The van der Waals surface area contributed by atoms with Crippen LogP contribution in [0.4, 0.5) is 4.79 Å². The molecule has 1 amide bonds. The summed E-state index contributed by atoms with van der Waals surface area (Å²) in [5, 5.41) is 12.6. The second-order valence-electron chi connectivity index (χ2n) is 8.99. The SMILES string of the molecule is CSC1(C)C(c2ccccc2)OC(=O)N1[C@@H](C(C)C)C(O)(c1ccccc1)c1ccccc1. The lowest BCUT2D eigenvalue weighted by Gasteiger charge is -2.48. The highest BCUT2D eigenvalue weighted by molar-refractivity contribution is 8.00. The van der Waals surface area contributed by atoms with Crippen LogP contribution >= 0.6 is 11.8 Å². The maximum Gasteiger partial charge on any atom is 0.412 e. The van der Waals surface area contributed by atoms with Gasteiger partial charge in [0.1, 0.15) is 10.5 Å². The zero-order valence-electron chi connectivity index (χ0n) is 19.5. The Morgan fingerprint density at radius 3 is 1.79 bits per heavy atom. The minimum Gasteiger partial charge on any atom is -0.438 e. The average molecular weight is 462 g/mol. The van der Waals surface area contributed by atoms with Crippen molar-refractivity contribution in [2.75, 3.05) is 6.26 Å². The van der Waals surface area contributed by atoms with E-state index in [2.05, 4.69) is 0 Å². The number of carbonyl (C=O) groups excluding carboxylic acids is 1. The van der Waals surface area contributed by atoms with Crippen LogP contribution < -0.4 is 0 Å². The first-order valence-corrected chi connectivity index (χ1v) is 12.5. The normalized spacial score (nSPS) is 21.8. The van der Waals surface area contributed by atoms with Gasteiger partial charge in [-0.1, -0.05) is 105 Å². The molecule has 0 saturated carbocycles. The van der Waals surface area contributed by atoms with E-state index in [1.54, 1.807) is 16.7 Å². The first-order valence-electron chi connectivity index (χ1n) is 11.3. The van der Waals surface area contributed by atoms with Crippen LogP contribution in [0.15, 0.2) is 91.0 Å². The summed E-state index contributed by atoms with van der Waals surface area (Å²) in [7, 11) is 0. The maximum atomic E-state index is 13.6. The molecular formula is C28H31NO3S. The van der Waals surface area contributed by atoms with Crippen LogP contribution in [0.1, 0.15) is 43.6 Å². The Morgan fingerprint density at radius 1 is 0.909 bits per heavy atom. The van der Waals surface area contributed by atoms with Crippen molar-refractivity contribution in [3.63, 3.8) is 0 Å². The molecule has 3 aromatic carbocycles. The maximum absolute atomic E-state index is 13.6. The Kier molecular flexibility index (Phi) is 6.55. The fourth-order valence-electron chi connectivity index (χ4n) is 5.03. The third kappa shape index (κ3) is 3.94. The number of cyclic esters (lactones) is 1. The number of hydrogen-bond acceptors (Lipinski definition) is 4. The summed E-state index contributed by atoms with van der Waals surface area (Å²) in [6.07, 6.45) is 1.12. The van der Waals surface area contributed by atoms with Crippen molar-refractivity contribution in [2.24, 2.45) is 5.92 Å². The monoisotopic (exact) mass is 461 g/mol. The predicted molar refractivity (Wildman–Crippen MR) is 134 cm³/mol. The molecule has 0 aromatic heterocycles. The molecular weight excluding hydrogens is 430 g/mol. The number of carbonyl (C=O) groups is 1. The lowest BCUT2D eigenvalue weighted by Crippen LogP contribution is -2.60. The third-order valence-corrected chi connectivity index (χ3v) is 7.90. The van der Waals surface area contributed by atoms with Gasteiger partial charge in [-0.15, -0.1) is 11.8 Å². The Bertz CT molecular complexity index is 1030. The molecule has 3 atom stereocenters. The number of thioether (sulfide) groups is 1. The van der Waals surface area contributed by atoms with Crippen LogP contribution in [0.25, 0.3) is 0 Å². The first kappa shape index (κ1) is 23.4. The highest BCUT2D eigenvalue weighted by Gasteiger charge is 2.60. The van der Waals surface area contributed by atoms with Crippen LogP contribution in [0, 0.1) is 5.92 Å². The number of rotatable bonds is 7.